The molecule has 20 heavy (non-hydrogen) atoms. The molecule has 0 heterocycles. The predicted octanol–water partition coefficient (Wildman–Crippen LogP) is 2.61. The summed E-state index contributed by atoms with van der Waals surface area (Å²) in [6.07, 6.45) is 5.72. The van der Waals surface area contributed by atoms with Crippen molar-refractivity contribution in [1.29, 1.82) is 0 Å². The van der Waals surface area contributed by atoms with Crippen LogP contribution in [0.1, 0.15) is 40.5 Å². The lowest BCUT2D eigenvalue weighted by atomic mass is 10.0. The number of thiol groups is 1. The highest BCUT2D eigenvalue weighted by molar-refractivity contribution is 7.80. The molecule has 0 saturated carbocycles. The number of carbonyl (C=O) groups is 2. The van der Waals surface area contributed by atoms with E-state index in [1.807, 2.05) is 20.8 Å². The van der Waals surface area contributed by atoms with Gasteiger partial charge in [-0.05, 0) is 40.5 Å². The van der Waals surface area contributed by atoms with E-state index in [0.717, 1.165) is 18.4 Å². The van der Waals surface area contributed by atoms with E-state index in [2.05, 4.69) is 24.0 Å². The van der Waals surface area contributed by atoms with Crippen LogP contribution in [0.15, 0.2) is 23.3 Å². The van der Waals surface area contributed by atoms with E-state index >= 15 is 0 Å². The SMILES string of the molecule is CC(=O)C(C=C(C)CCC=C(C)C)N[C@@H](CS)C(=O)O. The highest BCUT2D eigenvalue weighted by Gasteiger charge is 2.21. The van der Waals surface area contributed by atoms with Crippen LogP contribution in [0.2, 0.25) is 0 Å². The van der Waals surface area contributed by atoms with Crippen molar-refractivity contribution >= 4 is 24.4 Å². The monoisotopic (exact) mass is 299 g/mol. The van der Waals surface area contributed by atoms with Gasteiger partial charge < -0.3 is 5.11 Å². The smallest absolute Gasteiger partial charge is 0.321 e. The number of hydrogen-bond acceptors (Lipinski definition) is 4. The Labute approximate surface area is 126 Å². The molecular formula is C15H25NO3S. The molecule has 0 aromatic rings. The van der Waals surface area contributed by atoms with E-state index in [1.165, 1.54) is 12.5 Å². The molecule has 0 fully saturated rings. The number of nitrogens with one attached hydrogen (secondary N) is 1. The summed E-state index contributed by atoms with van der Waals surface area (Å²) < 4.78 is 0. The number of hydrogen-bond donors (Lipinski definition) is 3. The van der Waals surface area contributed by atoms with Crippen molar-refractivity contribution in [3.8, 4) is 0 Å². The third-order valence-corrected chi connectivity index (χ3v) is 3.21. The molecule has 2 N–H and O–H groups in total. The molecule has 0 rings (SSSR count). The van der Waals surface area contributed by atoms with Crippen molar-refractivity contribution in [2.75, 3.05) is 5.75 Å². The van der Waals surface area contributed by atoms with Gasteiger partial charge in [0, 0.05) is 5.75 Å². The Hall–Kier alpha value is -1.07. The molecule has 0 aromatic carbocycles. The second-order valence-corrected chi connectivity index (χ2v) is 5.53. The first-order chi connectivity index (χ1) is 9.27. The molecule has 1 unspecified atom stereocenters. The number of aliphatic carboxylic acids is 1. The van der Waals surface area contributed by atoms with Crippen molar-refractivity contribution in [2.45, 2.75) is 52.6 Å². The van der Waals surface area contributed by atoms with Crippen LogP contribution < -0.4 is 5.32 Å². The minimum atomic E-state index is -0.998. The van der Waals surface area contributed by atoms with Gasteiger partial charge in [-0.15, -0.1) is 0 Å². The number of Topliss-reactive ketones (excluding diaryl/α,β-unsaturated/α-hetero) is 1. The van der Waals surface area contributed by atoms with Gasteiger partial charge in [0.2, 0.25) is 0 Å². The molecule has 2 atom stereocenters. The molecule has 5 heteroatoms. The van der Waals surface area contributed by atoms with Gasteiger partial charge in [0.25, 0.3) is 0 Å². The molecule has 4 nitrogen and oxygen atoms in total. The number of rotatable bonds is 9. The van der Waals surface area contributed by atoms with Gasteiger partial charge in [-0.3, -0.25) is 14.9 Å². The third-order valence-electron chi connectivity index (χ3n) is 2.84. The van der Waals surface area contributed by atoms with E-state index in [0.29, 0.717) is 0 Å². The van der Waals surface area contributed by atoms with Crippen LogP contribution in [-0.2, 0) is 9.59 Å². The fourth-order valence-electron chi connectivity index (χ4n) is 1.66. The van der Waals surface area contributed by atoms with Gasteiger partial charge in [-0.1, -0.05) is 23.3 Å². The number of carbonyl (C=O) groups excluding carboxylic acids is 1. The van der Waals surface area contributed by atoms with Gasteiger partial charge in [-0.25, -0.2) is 0 Å². The fourth-order valence-corrected chi connectivity index (χ4v) is 1.92. The topological polar surface area (TPSA) is 66.4 Å². The van der Waals surface area contributed by atoms with Crippen LogP contribution in [0.4, 0.5) is 0 Å². The Bertz CT molecular complexity index is 398. The molecule has 114 valence electrons. The second-order valence-electron chi connectivity index (χ2n) is 5.16. The summed E-state index contributed by atoms with van der Waals surface area (Å²) in [5, 5.41) is 11.8. The fraction of sp³-hybridized carbons (Fsp3) is 0.600. The molecule has 0 aliphatic heterocycles. The maximum Gasteiger partial charge on any atom is 0.321 e. The maximum absolute atomic E-state index is 11.6. The summed E-state index contributed by atoms with van der Waals surface area (Å²) in [4.78, 5) is 22.6. The summed E-state index contributed by atoms with van der Waals surface area (Å²) in [5.74, 6) is -0.953. The Morgan fingerprint density at radius 3 is 2.25 bits per heavy atom. The van der Waals surface area contributed by atoms with Crippen molar-refractivity contribution in [3.05, 3.63) is 23.3 Å². The van der Waals surface area contributed by atoms with Crippen LogP contribution in [0.5, 0.6) is 0 Å². The van der Waals surface area contributed by atoms with Gasteiger partial charge in [0.1, 0.15) is 6.04 Å². The molecule has 0 aromatic heterocycles. The van der Waals surface area contributed by atoms with Crippen LogP contribution in [0, 0.1) is 0 Å². The summed E-state index contributed by atoms with van der Waals surface area (Å²) in [7, 11) is 0. The average Bonchev–Trinajstić information content (AvgIpc) is 2.32. The molecule has 0 bridgehead atoms. The van der Waals surface area contributed by atoms with Crippen molar-refractivity contribution in [3.63, 3.8) is 0 Å². The van der Waals surface area contributed by atoms with Crippen LogP contribution in [0.25, 0.3) is 0 Å². The van der Waals surface area contributed by atoms with Crippen molar-refractivity contribution in [1.82, 2.24) is 5.32 Å². The Balaban J connectivity index is 4.71. The number of carboxylic acid groups (broad SMARTS) is 1. The summed E-state index contributed by atoms with van der Waals surface area (Å²) in [5.41, 5.74) is 2.33. The van der Waals surface area contributed by atoms with Gasteiger partial charge in [-0.2, -0.15) is 12.6 Å². The average molecular weight is 299 g/mol. The third kappa shape index (κ3) is 8.17. The molecule has 0 aliphatic carbocycles. The lowest BCUT2D eigenvalue weighted by Crippen LogP contribution is -2.46. The summed E-state index contributed by atoms with van der Waals surface area (Å²) in [6.45, 7) is 7.49. The van der Waals surface area contributed by atoms with Gasteiger partial charge in [0.15, 0.2) is 5.78 Å². The highest BCUT2D eigenvalue weighted by atomic mass is 32.1. The van der Waals surface area contributed by atoms with Crippen LogP contribution in [0.3, 0.4) is 0 Å². The molecule has 0 spiro atoms. The molecule has 0 saturated heterocycles. The molecule has 0 radical (unpaired) electrons. The largest absolute Gasteiger partial charge is 0.480 e. The Kier molecular flexibility index (Phi) is 9.25. The predicted molar refractivity (Wildman–Crippen MR) is 85.3 cm³/mol. The second kappa shape index (κ2) is 9.77. The first-order valence-electron chi connectivity index (χ1n) is 6.68. The molecule has 0 aliphatic rings. The van der Waals surface area contributed by atoms with Crippen molar-refractivity contribution in [2.24, 2.45) is 0 Å². The van der Waals surface area contributed by atoms with E-state index in [4.69, 9.17) is 5.11 Å². The Morgan fingerprint density at radius 1 is 1.25 bits per heavy atom. The Morgan fingerprint density at radius 2 is 1.85 bits per heavy atom. The minimum Gasteiger partial charge on any atom is -0.480 e. The zero-order valence-electron chi connectivity index (χ0n) is 12.6. The lowest BCUT2D eigenvalue weighted by molar-refractivity contribution is -0.139. The molecule has 0 amide bonds. The number of ketones is 1. The summed E-state index contributed by atoms with van der Waals surface area (Å²) >= 11 is 3.98. The normalized spacial score (nSPS) is 14.6. The highest BCUT2D eigenvalue weighted by Crippen LogP contribution is 2.09. The lowest BCUT2D eigenvalue weighted by Gasteiger charge is -2.18. The number of allylic oxidation sites excluding steroid dienone is 3. The van der Waals surface area contributed by atoms with Crippen LogP contribution in [-0.4, -0.2) is 34.7 Å². The molecular weight excluding hydrogens is 274 g/mol. The first kappa shape index (κ1) is 18.9. The first-order valence-corrected chi connectivity index (χ1v) is 7.32. The summed E-state index contributed by atoms with van der Waals surface area (Å²) in [6, 6.07) is -1.40. The van der Waals surface area contributed by atoms with Crippen molar-refractivity contribution < 1.29 is 14.7 Å². The van der Waals surface area contributed by atoms with Crippen LogP contribution >= 0.6 is 12.6 Å². The zero-order valence-corrected chi connectivity index (χ0v) is 13.5. The quantitative estimate of drug-likeness (QED) is 0.452. The standard InChI is InChI=1S/C15H25NO3S/c1-10(2)6-5-7-11(3)8-13(12(4)17)16-14(9-20)15(18)19/h6,8,13-14,16,20H,5,7,9H2,1-4H3,(H,18,19)/t13?,14-/m0/s1. The van der Waals surface area contributed by atoms with Gasteiger partial charge in [0.05, 0.1) is 6.04 Å². The maximum atomic E-state index is 11.6. The van der Waals surface area contributed by atoms with E-state index in [1.54, 1.807) is 6.08 Å². The zero-order chi connectivity index (χ0) is 15.7. The van der Waals surface area contributed by atoms with Gasteiger partial charge >= 0.3 is 5.97 Å². The van der Waals surface area contributed by atoms with E-state index < -0.39 is 18.1 Å². The minimum absolute atomic E-state index is 0.0976. The van der Waals surface area contributed by atoms with E-state index in [9.17, 15) is 9.59 Å². The number of carboxylic acids is 1. The van der Waals surface area contributed by atoms with E-state index in [-0.39, 0.29) is 11.5 Å².